The van der Waals surface area contributed by atoms with Crippen molar-refractivity contribution in [2.24, 2.45) is 0 Å². The second kappa shape index (κ2) is 6.18. The van der Waals surface area contributed by atoms with Crippen LogP contribution >= 0.6 is 0 Å². The van der Waals surface area contributed by atoms with Gasteiger partial charge in [-0.2, -0.15) is 4.98 Å². The van der Waals surface area contributed by atoms with Crippen molar-refractivity contribution in [2.75, 3.05) is 6.61 Å². The number of aliphatic hydroxyl groups excluding tert-OH is 1. The Morgan fingerprint density at radius 2 is 2.05 bits per heavy atom. The zero-order valence-electron chi connectivity index (χ0n) is 11.6. The molecule has 1 heterocycles. The van der Waals surface area contributed by atoms with Crippen LogP contribution in [-0.4, -0.2) is 21.9 Å². The third kappa shape index (κ3) is 2.90. The summed E-state index contributed by atoms with van der Waals surface area (Å²) in [5.41, 5.74) is 2.87. The summed E-state index contributed by atoms with van der Waals surface area (Å²) in [6.07, 6.45) is 5.63. The van der Waals surface area contributed by atoms with E-state index in [0.29, 0.717) is 11.8 Å². The molecule has 0 amide bonds. The van der Waals surface area contributed by atoms with E-state index in [0.717, 1.165) is 44.3 Å². The number of hydrogen-bond donors (Lipinski definition) is 1. The number of aryl methyl sites for hydroxylation is 2. The minimum atomic E-state index is 0.223. The van der Waals surface area contributed by atoms with Crippen molar-refractivity contribution in [3.63, 3.8) is 0 Å². The van der Waals surface area contributed by atoms with Crippen LogP contribution in [0.5, 0.6) is 0 Å². The zero-order valence-corrected chi connectivity index (χ0v) is 11.6. The number of unbranched alkanes of at least 4 members (excludes halogenated alkanes) is 1. The maximum absolute atomic E-state index is 8.78. The molecule has 0 fully saturated rings. The molecule has 1 unspecified atom stereocenters. The number of aliphatic hydroxyl groups is 1. The molecule has 0 saturated carbocycles. The average Bonchev–Trinajstić information content (AvgIpc) is 2.96. The second-order valence-electron chi connectivity index (χ2n) is 5.44. The molecule has 3 rings (SSSR count). The lowest BCUT2D eigenvalue weighted by Crippen LogP contribution is -2.13. The van der Waals surface area contributed by atoms with Crippen molar-refractivity contribution < 1.29 is 9.63 Å². The maximum Gasteiger partial charge on any atom is 0.226 e. The third-order valence-corrected chi connectivity index (χ3v) is 3.99. The fourth-order valence-corrected chi connectivity index (χ4v) is 2.84. The van der Waals surface area contributed by atoms with Gasteiger partial charge in [0.15, 0.2) is 5.82 Å². The molecule has 0 radical (unpaired) electrons. The third-order valence-electron chi connectivity index (χ3n) is 3.99. The van der Waals surface area contributed by atoms with Crippen LogP contribution < -0.4 is 0 Å². The molecule has 1 N–H and O–H groups in total. The summed E-state index contributed by atoms with van der Waals surface area (Å²) in [4.78, 5) is 4.52. The Balaban J connectivity index is 1.66. The standard InChI is InChI=1S/C16H20N2O2/c19-10-4-3-7-15-17-16(18-20-15)14-9-8-12-5-1-2-6-13(12)11-14/h1-2,5-6,14,19H,3-4,7-11H2. The Morgan fingerprint density at radius 1 is 1.20 bits per heavy atom. The molecule has 0 aliphatic heterocycles. The molecular formula is C16H20N2O2. The highest BCUT2D eigenvalue weighted by Gasteiger charge is 2.23. The van der Waals surface area contributed by atoms with Gasteiger partial charge in [0, 0.05) is 18.9 Å². The van der Waals surface area contributed by atoms with Crippen molar-refractivity contribution >= 4 is 0 Å². The lowest BCUT2D eigenvalue weighted by atomic mass is 9.83. The van der Waals surface area contributed by atoms with Gasteiger partial charge in [0.2, 0.25) is 5.89 Å². The van der Waals surface area contributed by atoms with Crippen molar-refractivity contribution in [1.29, 1.82) is 0 Å². The molecule has 20 heavy (non-hydrogen) atoms. The monoisotopic (exact) mass is 272 g/mol. The molecule has 1 aromatic carbocycles. The van der Waals surface area contributed by atoms with Crippen LogP contribution in [0, 0.1) is 0 Å². The van der Waals surface area contributed by atoms with Gasteiger partial charge < -0.3 is 9.63 Å². The molecule has 1 aromatic heterocycles. The van der Waals surface area contributed by atoms with E-state index in [9.17, 15) is 0 Å². The van der Waals surface area contributed by atoms with Crippen molar-refractivity contribution in [2.45, 2.75) is 44.4 Å². The van der Waals surface area contributed by atoms with Crippen LogP contribution in [-0.2, 0) is 19.3 Å². The van der Waals surface area contributed by atoms with E-state index in [-0.39, 0.29) is 6.61 Å². The van der Waals surface area contributed by atoms with Gasteiger partial charge in [0.05, 0.1) is 0 Å². The van der Waals surface area contributed by atoms with Crippen LogP contribution in [0.15, 0.2) is 28.8 Å². The lowest BCUT2D eigenvalue weighted by molar-refractivity contribution is 0.280. The van der Waals surface area contributed by atoms with Crippen LogP contribution in [0.4, 0.5) is 0 Å². The summed E-state index contributed by atoms with van der Waals surface area (Å²) in [5.74, 6) is 1.92. The van der Waals surface area contributed by atoms with Gasteiger partial charge in [-0.15, -0.1) is 0 Å². The summed E-state index contributed by atoms with van der Waals surface area (Å²) in [6, 6.07) is 8.61. The molecule has 0 bridgehead atoms. The largest absolute Gasteiger partial charge is 0.396 e. The van der Waals surface area contributed by atoms with Crippen molar-refractivity contribution in [3.8, 4) is 0 Å². The number of benzene rings is 1. The van der Waals surface area contributed by atoms with E-state index in [4.69, 9.17) is 9.63 Å². The van der Waals surface area contributed by atoms with E-state index in [1.54, 1.807) is 0 Å². The Hall–Kier alpha value is -1.68. The van der Waals surface area contributed by atoms with E-state index >= 15 is 0 Å². The number of hydrogen-bond acceptors (Lipinski definition) is 4. The zero-order chi connectivity index (χ0) is 13.8. The molecule has 0 saturated heterocycles. The van der Waals surface area contributed by atoms with Crippen LogP contribution in [0.25, 0.3) is 0 Å². The van der Waals surface area contributed by atoms with Crippen LogP contribution in [0.2, 0.25) is 0 Å². The highest BCUT2D eigenvalue weighted by molar-refractivity contribution is 5.31. The molecule has 106 valence electrons. The first kappa shape index (κ1) is 13.3. The summed E-state index contributed by atoms with van der Waals surface area (Å²) in [5, 5.41) is 12.9. The predicted octanol–water partition coefficient (Wildman–Crippen LogP) is 2.66. The first-order chi connectivity index (χ1) is 9.86. The quantitative estimate of drug-likeness (QED) is 0.850. The molecule has 1 atom stereocenters. The van der Waals surface area contributed by atoms with Gasteiger partial charge in [0.1, 0.15) is 0 Å². The second-order valence-corrected chi connectivity index (χ2v) is 5.44. The van der Waals surface area contributed by atoms with E-state index < -0.39 is 0 Å². The Bertz CT molecular complexity index is 565. The number of nitrogens with zero attached hydrogens (tertiary/aromatic N) is 2. The Kier molecular flexibility index (Phi) is 4.11. The predicted molar refractivity (Wildman–Crippen MR) is 75.5 cm³/mol. The molecule has 1 aliphatic carbocycles. The van der Waals surface area contributed by atoms with Crippen LogP contribution in [0.1, 0.15) is 48.0 Å². The first-order valence-corrected chi connectivity index (χ1v) is 7.37. The lowest BCUT2D eigenvalue weighted by Gasteiger charge is -2.21. The van der Waals surface area contributed by atoms with Crippen molar-refractivity contribution in [3.05, 3.63) is 47.1 Å². The minimum Gasteiger partial charge on any atom is -0.396 e. The van der Waals surface area contributed by atoms with E-state index in [2.05, 4.69) is 34.4 Å². The Labute approximate surface area is 118 Å². The van der Waals surface area contributed by atoms with Gasteiger partial charge in [-0.1, -0.05) is 29.4 Å². The number of fused-ring (bicyclic) bond motifs is 1. The molecule has 2 aromatic rings. The molecule has 1 aliphatic rings. The molecule has 4 nitrogen and oxygen atoms in total. The summed E-state index contributed by atoms with van der Waals surface area (Å²) >= 11 is 0. The van der Waals surface area contributed by atoms with Crippen molar-refractivity contribution in [1.82, 2.24) is 10.1 Å². The SMILES string of the molecule is OCCCCc1nc(C2CCc3ccccc3C2)no1. The van der Waals surface area contributed by atoms with Gasteiger partial charge in [-0.3, -0.25) is 0 Å². The summed E-state index contributed by atoms with van der Waals surface area (Å²) in [6.45, 7) is 0.223. The number of rotatable bonds is 5. The first-order valence-electron chi connectivity index (χ1n) is 7.37. The van der Waals surface area contributed by atoms with E-state index in [1.165, 1.54) is 11.1 Å². The maximum atomic E-state index is 8.78. The number of aromatic nitrogens is 2. The fraction of sp³-hybridized carbons (Fsp3) is 0.500. The molecular weight excluding hydrogens is 252 g/mol. The van der Waals surface area contributed by atoms with Gasteiger partial charge in [0.25, 0.3) is 0 Å². The van der Waals surface area contributed by atoms with Gasteiger partial charge in [-0.25, -0.2) is 0 Å². The summed E-state index contributed by atoms with van der Waals surface area (Å²) < 4.78 is 5.31. The topological polar surface area (TPSA) is 59.2 Å². The summed E-state index contributed by atoms with van der Waals surface area (Å²) in [7, 11) is 0. The fourth-order valence-electron chi connectivity index (χ4n) is 2.84. The molecule has 4 heteroatoms. The minimum absolute atomic E-state index is 0.223. The average molecular weight is 272 g/mol. The van der Waals surface area contributed by atoms with Gasteiger partial charge >= 0.3 is 0 Å². The van der Waals surface area contributed by atoms with E-state index in [1.807, 2.05) is 0 Å². The van der Waals surface area contributed by atoms with Gasteiger partial charge in [-0.05, 0) is 43.2 Å². The van der Waals surface area contributed by atoms with Crippen LogP contribution in [0.3, 0.4) is 0 Å². The smallest absolute Gasteiger partial charge is 0.226 e. The Morgan fingerprint density at radius 3 is 2.90 bits per heavy atom. The molecule has 0 spiro atoms. The highest BCUT2D eigenvalue weighted by atomic mass is 16.5. The highest BCUT2D eigenvalue weighted by Crippen LogP contribution is 2.31. The normalized spacial score (nSPS) is 17.9.